The Balaban J connectivity index is 1.56. The number of aromatic nitrogens is 1. The molecule has 0 saturated heterocycles. The molecule has 1 amide bonds. The summed E-state index contributed by atoms with van der Waals surface area (Å²) in [6, 6.07) is 9.09. The van der Waals surface area contributed by atoms with E-state index in [0.717, 1.165) is 12.5 Å². The van der Waals surface area contributed by atoms with E-state index in [-0.39, 0.29) is 28.5 Å². The van der Waals surface area contributed by atoms with Gasteiger partial charge in [0.2, 0.25) is 11.8 Å². The van der Waals surface area contributed by atoms with Crippen molar-refractivity contribution in [1.29, 1.82) is 0 Å². The molecule has 7 heteroatoms. The first-order valence-electron chi connectivity index (χ1n) is 11.0. The summed E-state index contributed by atoms with van der Waals surface area (Å²) in [6.07, 6.45) is 4.11. The number of pyridine rings is 1. The molecule has 3 aromatic rings. The van der Waals surface area contributed by atoms with Gasteiger partial charge in [0.25, 0.3) is 5.91 Å². The standard InChI is InChI=1S/C26H29FN2O4/c1-15-11-16-7-6-10-26(2,3)19(16)13-17(15)12-18-8-9-20(33-18)24(30)29-23-21(31-4)14-22(27)28-25(23)32-5/h8-9,11,13-14H,6-7,10,12H2,1-5H3,(H,29,30). The van der Waals surface area contributed by atoms with Crippen LogP contribution < -0.4 is 14.8 Å². The van der Waals surface area contributed by atoms with Gasteiger partial charge in [-0.1, -0.05) is 26.0 Å². The van der Waals surface area contributed by atoms with Crippen LogP contribution in [0.25, 0.3) is 0 Å². The lowest BCUT2D eigenvalue weighted by atomic mass is 9.71. The van der Waals surface area contributed by atoms with E-state index >= 15 is 0 Å². The number of amides is 1. The fraction of sp³-hybridized carbons (Fsp3) is 0.385. The van der Waals surface area contributed by atoms with Crippen molar-refractivity contribution in [3.63, 3.8) is 0 Å². The number of hydrogen-bond acceptors (Lipinski definition) is 5. The maximum Gasteiger partial charge on any atom is 0.291 e. The maximum absolute atomic E-state index is 13.6. The molecule has 1 N–H and O–H groups in total. The van der Waals surface area contributed by atoms with Crippen molar-refractivity contribution in [1.82, 2.24) is 4.98 Å². The van der Waals surface area contributed by atoms with Crippen molar-refractivity contribution in [3.8, 4) is 11.6 Å². The van der Waals surface area contributed by atoms with E-state index in [2.05, 4.69) is 43.2 Å². The molecular weight excluding hydrogens is 423 g/mol. The third-order valence-corrected chi connectivity index (χ3v) is 6.36. The van der Waals surface area contributed by atoms with E-state index in [1.54, 1.807) is 12.1 Å². The highest BCUT2D eigenvalue weighted by molar-refractivity contribution is 6.04. The second kappa shape index (κ2) is 8.89. The summed E-state index contributed by atoms with van der Waals surface area (Å²) in [7, 11) is 2.71. The average molecular weight is 453 g/mol. The molecule has 1 aromatic carbocycles. The number of rotatable bonds is 6. The second-order valence-electron chi connectivity index (χ2n) is 9.10. The topological polar surface area (TPSA) is 73.6 Å². The number of hydrogen-bond donors (Lipinski definition) is 1. The van der Waals surface area contributed by atoms with Crippen LogP contribution in [0.15, 0.2) is 34.7 Å². The molecule has 33 heavy (non-hydrogen) atoms. The first-order valence-corrected chi connectivity index (χ1v) is 11.0. The molecule has 4 rings (SSSR count). The summed E-state index contributed by atoms with van der Waals surface area (Å²) in [5, 5.41) is 2.65. The van der Waals surface area contributed by atoms with Crippen molar-refractivity contribution in [3.05, 3.63) is 70.1 Å². The van der Waals surface area contributed by atoms with E-state index in [4.69, 9.17) is 13.9 Å². The van der Waals surface area contributed by atoms with Gasteiger partial charge in [-0.05, 0) is 66.0 Å². The van der Waals surface area contributed by atoms with Crippen LogP contribution in [-0.4, -0.2) is 25.1 Å². The van der Waals surface area contributed by atoms with Crippen LogP contribution in [0.1, 0.15) is 65.3 Å². The fourth-order valence-corrected chi connectivity index (χ4v) is 4.55. The number of nitrogens with one attached hydrogen (secondary N) is 1. The zero-order valence-electron chi connectivity index (χ0n) is 19.7. The van der Waals surface area contributed by atoms with Crippen LogP contribution in [0, 0.1) is 12.9 Å². The van der Waals surface area contributed by atoms with Gasteiger partial charge in [0, 0.05) is 12.5 Å². The number of carbonyl (C=O) groups excluding carboxylic acids is 1. The van der Waals surface area contributed by atoms with E-state index in [0.29, 0.717) is 12.2 Å². The van der Waals surface area contributed by atoms with Crippen LogP contribution in [0.2, 0.25) is 0 Å². The van der Waals surface area contributed by atoms with Crippen molar-refractivity contribution < 1.29 is 23.1 Å². The Morgan fingerprint density at radius 1 is 1.21 bits per heavy atom. The number of benzene rings is 1. The first-order chi connectivity index (χ1) is 15.7. The zero-order valence-corrected chi connectivity index (χ0v) is 19.7. The predicted octanol–water partition coefficient (Wildman–Crippen LogP) is 5.60. The number of carbonyl (C=O) groups is 1. The molecule has 0 unspecified atom stereocenters. The molecule has 1 aliphatic carbocycles. The molecule has 0 radical (unpaired) electrons. The molecule has 174 valence electrons. The molecular formula is C26H29FN2O4. The molecule has 2 heterocycles. The quantitative estimate of drug-likeness (QED) is 0.493. The minimum Gasteiger partial charge on any atom is -0.494 e. The minimum absolute atomic E-state index is 0.0840. The lowest BCUT2D eigenvalue weighted by molar-refractivity contribution is 0.0994. The third kappa shape index (κ3) is 4.58. The summed E-state index contributed by atoms with van der Waals surface area (Å²) in [5.74, 6) is -0.437. The lowest BCUT2D eigenvalue weighted by Crippen LogP contribution is -2.24. The largest absolute Gasteiger partial charge is 0.494 e. The summed E-state index contributed by atoms with van der Waals surface area (Å²) in [5.41, 5.74) is 5.55. The van der Waals surface area contributed by atoms with Gasteiger partial charge < -0.3 is 19.2 Å². The normalized spacial score (nSPS) is 14.5. The first kappa shape index (κ1) is 22.8. The molecule has 0 saturated carbocycles. The number of fused-ring (bicyclic) bond motifs is 1. The van der Waals surface area contributed by atoms with E-state index in [1.807, 2.05) is 0 Å². The predicted molar refractivity (Wildman–Crippen MR) is 124 cm³/mol. The van der Waals surface area contributed by atoms with Gasteiger partial charge >= 0.3 is 0 Å². The average Bonchev–Trinajstić information content (AvgIpc) is 3.24. The SMILES string of the molecule is COc1cc(F)nc(OC)c1NC(=O)c1ccc(Cc2cc3c(cc2C)CCCC3(C)C)o1. The van der Waals surface area contributed by atoms with Gasteiger partial charge in [0.05, 0.1) is 14.2 Å². The Hall–Kier alpha value is -3.35. The Morgan fingerprint density at radius 3 is 2.73 bits per heavy atom. The summed E-state index contributed by atoms with van der Waals surface area (Å²) in [6.45, 7) is 6.71. The number of nitrogens with zero attached hydrogens (tertiary/aromatic N) is 1. The molecule has 6 nitrogen and oxygen atoms in total. The van der Waals surface area contributed by atoms with E-state index in [9.17, 15) is 9.18 Å². The van der Waals surface area contributed by atoms with Crippen LogP contribution in [0.4, 0.5) is 10.1 Å². The Labute approximate surface area is 193 Å². The van der Waals surface area contributed by atoms with Crippen molar-refractivity contribution in [2.45, 2.75) is 51.9 Å². The minimum atomic E-state index is -0.773. The van der Waals surface area contributed by atoms with Crippen molar-refractivity contribution >= 4 is 11.6 Å². The number of furan rings is 1. The summed E-state index contributed by atoms with van der Waals surface area (Å²) in [4.78, 5) is 16.5. The van der Waals surface area contributed by atoms with Gasteiger partial charge in [-0.3, -0.25) is 4.79 Å². The van der Waals surface area contributed by atoms with Crippen LogP contribution in [0.3, 0.4) is 0 Å². The number of halogens is 1. The van der Waals surface area contributed by atoms with Crippen LogP contribution in [0.5, 0.6) is 11.6 Å². The Kier molecular flexibility index (Phi) is 6.15. The highest BCUT2D eigenvalue weighted by atomic mass is 19.1. The highest BCUT2D eigenvalue weighted by Crippen LogP contribution is 2.38. The molecule has 0 aliphatic heterocycles. The number of methoxy groups -OCH3 is 2. The monoisotopic (exact) mass is 452 g/mol. The van der Waals surface area contributed by atoms with Gasteiger partial charge in [0.1, 0.15) is 11.4 Å². The van der Waals surface area contributed by atoms with Crippen LogP contribution >= 0.6 is 0 Å². The maximum atomic E-state index is 13.6. The van der Waals surface area contributed by atoms with Gasteiger partial charge in [-0.25, -0.2) is 0 Å². The molecule has 1 aliphatic rings. The zero-order chi connectivity index (χ0) is 23.8. The van der Waals surface area contributed by atoms with Gasteiger partial charge in [0.15, 0.2) is 11.5 Å². The summed E-state index contributed by atoms with van der Waals surface area (Å²) < 4.78 is 29.7. The number of ether oxygens (including phenoxy) is 2. The Bertz CT molecular complexity index is 1170. The smallest absolute Gasteiger partial charge is 0.291 e. The Morgan fingerprint density at radius 2 is 2.00 bits per heavy atom. The number of aryl methyl sites for hydroxylation is 2. The van der Waals surface area contributed by atoms with Gasteiger partial charge in [-0.15, -0.1) is 0 Å². The molecule has 0 bridgehead atoms. The number of anilines is 1. The fourth-order valence-electron chi connectivity index (χ4n) is 4.55. The van der Waals surface area contributed by atoms with Crippen LogP contribution in [-0.2, 0) is 18.3 Å². The van der Waals surface area contributed by atoms with Gasteiger partial charge in [-0.2, -0.15) is 9.37 Å². The third-order valence-electron chi connectivity index (χ3n) is 6.36. The highest BCUT2D eigenvalue weighted by Gasteiger charge is 2.28. The molecule has 0 fully saturated rings. The second-order valence-corrected chi connectivity index (χ2v) is 9.10. The van der Waals surface area contributed by atoms with E-state index < -0.39 is 11.9 Å². The lowest BCUT2D eigenvalue weighted by Gasteiger charge is -2.33. The van der Waals surface area contributed by atoms with E-state index in [1.165, 1.54) is 49.3 Å². The summed E-state index contributed by atoms with van der Waals surface area (Å²) >= 11 is 0. The molecule has 0 spiro atoms. The van der Waals surface area contributed by atoms with Crippen molar-refractivity contribution in [2.24, 2.45) is 0 Å². The molecule has 2 aromatic heterocycles. The van der Waals surface area contributed by atoms with Crippen molar-refractivity contribution in [2.75, 3.05) is 19.5 Å². The molecule has 0 atom stereocenters.